The predicted molar refractivity (Wildman–Crippen MR) is 84.9 cm³/mol. The Morgan fingerprint density at radius 2 is 1.95 bits per heavy atom. The Kier molecular flexibility index (Phi) is 4.65. The zero-order chi connectivity index (χ0) is 14.7. The molecule has 0 saturated carbocycles. The molecule has 4 heteroatoms. The summed E-state index contributed by atoms with van der Waals surface area (Å²) in [6.07, 6.45) is 1.94. The van der Waals surface area contributed by atoms with Crippen LogP contribution in [0.4, 0.5) is 0 Å². The molecule has 106 valence electrons. The minimum atomic E-state index is -0.0509. The zero-order valence-corrected chi connectivity index (χ0v) is 13.6. The van der Waals surface area contributed by atoms with Crippen molar-refractivity contribution in [3.8, 4) is 0 Å². The van der Waals surface area contributed by atoms with Crippen molar-refractivity contribution in [2.45, 2.75) is 33.4 Å². The van der Waals surface area contributed by atoms with Gasteiger partial charge in [-0.05, 0) is 48.3 Å². The zero-order valence-electron chi connectivity index (χ0n) is 12.0. The average Bonchev–Trinajstić information content (AvgIpc) is 2.80. The standard InChI is InChI=1S/C16H19BrN2O/c1-11(2)19-10-14(17)8-15(19)16(20)18-9-13-6-4-12(3)5-7-13/h4-8,10-11H,9H2,1-3H3,(H,18,20). The molecule has 0 unspecified atom stereocenters. The van der Waals surface area contributed by atoms with Gasteiger partial charge >= 0.3 is 0 Å². The third kappa shape index (κ3) is 3.51. The van der Waals surface area contributed by atoms with E-state index in [-0.39, 0.29) is 11.9 Å². The predicted octanol–water partition coefficient (Wildman–Crippen LogP) is 4.07. The van der Waals surface area contributed by atoms with E-state index in [2.05, 4.69) is 54.2 Å². The molecule has 0 aliphatic rings. The molecule has 1 aromatic heterocycles. The highest BCUT2D eigenvalue weighted by Crippen LogP contribution is 2.19. The number of amides is 1. The molecule has 20 heavy (non-hydrogen) atoms. The summed E-state index contributed by atoms with van der Waals surface area (Å²) in [7, 11) is 0. The monoisotopic (exact) mass is 334 g/mol. The Labute approximate surface area is 128 Å². The smallest absolute Gasteiger partial charge is 0.268 e. The van der Waals surface area contributed by atoms with Crippen LogP contribution in [-0.4, -0.2) is 10.5 Å². The van der Waals surface area contributed by atoms with E-state index < -0.39 is 0 Å². The first kappa shape index (κ1) is 14.9. The van der Waals surface area contributed by atoms with E-state index >= 15 is 0 Å². The number of carbonyl (C=O) groups excluding carboxylic acids is 1. The van der Waals surface area contributed by atoms with Crippen molar-refractivity contribution in [2.24, 2.45) is 0 Å². The van der Waals surface area contributed by atoms with Crippen LogP contribution < -0.4 is 5.32 Å². The van der Waals surface area contributed by atoms with Gasteiger partial charge in [0, 0.05) is 23.3 Å². The van der Waals surface area contributed by atoms with E-state index in [1.807, 2.05) is 29.0 Å². The maximum absolute atomic E-state index is 12.3. The van der Waals surface area contributed by atoms with Gasteiger partial charge in [-0.2, -0.15) is 0 Å². The van der Waals surface area contributed by atoms with Crippen molar-refractivity contribution in [2.75, 3.05) is 0 Å². The summed E-state index contributed by atoms with van der Waals surface area (Å²) in [5.74, 6) is -0.0509. The fourth-order valence-corrected chi connectivity index (χ4v) is 2.47. The summed E-state index contributed by atoms with van der Waals surface area (Å²) in [6.45, 7) is 6.71. The molecule has 2 aromatic rings. The summed E-state index contributed by atoms with van der Waals surface area (Å²) >= 11 is 3.42. The summed E-state index contributed by atoms with van der Waals surface area (Å²) in [5, 5.41) is 2.96. The Bertz CT molecular complexity index is 599. The number of benzene rings is 1. The number of aryl methyl sites for hydroxylation is 1. The minimum Gasteiger partial charge on any atom is -0.347 e. The molecular weight excluding hydrogens is 316 g/mol. The number of carbonyl (C=O) groups is 1. The first-order valence-corrected chi connectivity index (χ1v) is 7.48. The van der Waals surface area contributed by atoms with Gasteiger partial charge in [0.2, 0.25) is 0 Å². The second-order valence-corrected chi connectivity index (χ2v) is 6.13. The number of aromatic nitrogens is 1. The lowest BCUT2D eigenvalue weighted by Crippen LogP contribution is -2.25. The van der Waals surface area contributed by atoms with Crippen LogP contribution in [0.5, 0.6) is 0 Å². The van der Waals surface area contributed by atoms with Crippen LogP contribution in [0.1, 0.15) is 41.5 Å². The molecular formula is C16H19BrN2O. The summed E-state index contributed by atoms with van der Waals surface area (Å²) in [5.41, 5.74) is 3.00. The molecule has 0 spiro atoms. The highest BCUT2D eigenvalue weighted by molar-refractivity contribution is 9.10. The van der Waals surface area contributed by atoms with Crippen LogP contribution in [0.3, 0.4) is 0 Å². The van der Waals surface area contributed by atoms with Crippen molar-refractivity contribution in [3.63, 3.8) is 0 Å². The van der Waals surface area contributed by atoms with E-state index in [0.717, 1.165) is 10.0 Å². The van der Waals surface area contributed by atoms with Gasteiger partial charge in [-0.25, -0.2) is 0 Å². The van der Waals surface area contributed by atoms with E-state index in [1.165, 1.54) is 5.56 Å². The molecule has 1 amide bonds. The molecule has 0 atom stereocenters. The fraction of sp³-hybridized carbons (Fsp3) is 0.312. The van der Waals surface area contributed by atoms with Gasteiger partial charge in [0.05, 0.1) is 0 Å². The Balaban J connectivity index is 2.07. The van der Waals surface area contributed by atoms with Crippen LogP contribution in [0.15, 0.2) is 41.0 Å². The third-order valence-corrected chi connectivity index (χ3v) is 3.61. The first-order chi connectivity index (χ1) is 9.47. The lowest BCUT2D eigenvalue weighted by Gasteiger charge is -2.12. The van der Waals surface area contributed by atoms with Gasteiger partial charge in [0.1, 0.15) is 5.69 Å². The van der Waals surface area contributed by atoms with Gasteiger partial charge < -0.3 is 9.88 Å². The van der Waals surface area contributed by atoms with Crippen molar-refractivity contribution in [3.05, 3.63) is 57.8 Å². The van der Waals surface area contributed by atoms with E-state index in [1.54, 1.807) is 0 Å². The molecule has 1 heterocycles. The van der Waals surface area contributed by atoms with Crippen molar-refractivity contribution < 1.29 is 4.79 Å². The molecule has 0 saturated heterocycles. The van der Waals surface area contributed by atoms with Gasteiger partial charge in [-0.1, -0.05) is 29.8 Å². The number of nitrogens with one attached hydrogen (secondary N) is 1. The lowest BCUT2D eigenvalue weighted by molar-refractivity contribution is 0.0940. The molecule has 0 aliphatic carbocycles. The number of halogens is 1. The average molecular weight is 335 g/mol. The maximum atomic E-state index is 12.3. The van der Waals surface area contributed by atoms with Crippen molar-refractivity contribution in [1.82, 2.24) is 9.88 Å². The Hall–Kier alpha value is -1.55. The molecule has 0 aliphatic heterocycles. The number of nitrogens with zero attached hydrogens (tertiary/aromatic N) is 1. The van der Waals surface area contributed by atoms with E-state index in [9.17, 15) is 4.79 Å². The van der Waals surface area contributed by atoms with E-state index in [0.29, 0.717) is 12.2 Å². The molecule has 1 aromatic carbocycles. The van der Waals surface area contributed by atoms with Crippen molar-refractivity contribution in [1.29, 1.82) is 0 Å². The summed E-state index contributed by atoms with van der Waals surface area (Å²) in [4.78, 5) is 12.3. The normalized spacial score (nSPS) is 10.8. The van der Waals surface area contributed by atoms with Crippen molar-refractivity contribution >= 4 is 21.8 Å². The molecule has 0 bridgehead atoms. The molecule has 2 rings (SSSR count). The largest absolute Gasteiger partial charge is 0.347 e. The SMILES string of the molecule is Cc1ccc(CNC(=O)c2cc(Br)cn2C(C)C)cc1. The van der Waals surface area contributed by atoms with E-state index in [4.69, 9.17) is 0 Å². The second-order valence-electron chi connectivity index (χ2n) is 5.21. The molecule has 1 N–H and O–H groups in total. The Morgan fingerprint density at radius 3 is 2.55 bits per heavy atom. The van der Waals surface area contributed by atoms with Gasteiger partial charge in [-0.15, -0.1) is 0 Å². The van der Waals surface area contributed by atoms with Crippen LogP contribution in [0.25, 0.3) is 0 Å². The number of hydrogen-bond donors (Lipinski definition) is 1. The highest BCUT2D eigenvalue weighted by atomic mass is 79.9. The quantitative estimate of drug-likeness (QED) is 0.898. The minimum absolute atomic E-state index is 0.0509. The van der Waals surface area contributed by atoms with Gasteiger partial charge in [-0.3, -0.25) is 4.79 Å². The molecule has 0 fully saturated rings. The van der Waals surface area contributed by atoms with Gasteiger partial charge in [0.15, 0.2) is 0 Å². The van der Waals surface area contributed by atoms with Crippen LogP contribution in [-0.2, 0) is 6.54 Å². The summed E-state index contributed by atoms with van der Waals surface area (Å²) < 4.78 is 2.89. The lowest BCUT2D eigenvalue weighted by atomic mass is 10.1. The summed E-state index contributed by atoms with van der Waals surface area (Å²) in [6, 6.07) is 10.3. The molecule has 0 radical (unpaired) electrons. The number of rotatable bonds is 4. The Morgan fingerprint density at radius 1 is 1.30 bits per heavy atom. The third-order valence-electron chi connectivity index (χ3n) is 3.18. The first-order valence-electron chi connectivity index (χ1n) is 6.68. The number of hydrogen-bond acceptors (Lipinski definition) is 1. The van der Waals surface area contributed by atoms with Crippen LogP contribution in [0.2, 0.25) is 0 Å². The van der Waals surface area contributed by atoms with Crippen LogP contribution in [0, 0.1) is 6.92 Å². The molecule has 3 nitrogen and oxygen atoms in total. The highest BCUT2D eigenvalue weighted by Gasteiger charge is 2.14. The topological polar surface area (TPSA) is 34.0 Å². The second kappa shape index (κ2) is 6.27. The fourth-order valence-electron chi connectivity index (χ4n) is 2.03. The maximum Gasteiger partial charge on any atom is 0.268 e. The van der Waals surface area contributed by atoms with Gasteiger partial charge in [0.25, 0.3) is 5.91 Å². The van der Waals surface area contributed by atoms with Crippen LogP contribution >= 0.6 is 15.9 Å².